The molecule has 1 atom stereocenters. The van der Waals surface area contributed by atoms with Gasteiger partial charge in [0.25, 0.3) is 5.91 Å². The molecule has 9 nitrogen and oxygen atoms in total. The number of hydrogen-bond acceptors (Lipinski definition) is 7. The number of esters is 1. The van der Waals surface area contributed by atoms with Crippen molar-refractivity contribution < 1.29 is 28.7 Å². The van der Waals surface area contributed by atoms with Crippen LogP contribution in [0.4, 0.5) is 0 Å². The molecule has 9 heteroatoms. The minimum absolute atomic E-state index is 0.0531. The van der Waals surface area contributed by atoms with Gasteiger partial charge in [0.15, 0.2) is 0 Å². The van der Waals surface area contributed by atoms with Crippen molar-refractivity contribution >= 4 is 23.7 Å². The monoisotopic (exact) mass is 511 g/mol. The maximum Gasteiger partial charge on any atom is 0.306 e. The van der Waals surface area contributed by atoms with Crippen molar-refractivity contribution in [1.82, 2.24) is 15.1 Å². The first-order chi connectivity index (χ1) is 17.6. The lowest BCUT2D eigenvalue weighted by atomic mass is 9.74. The lowest BCUT2D eigenvalue weighted by molar-refractivity contribution is -0.155. The van der Waals surface area contributed by atoms with Gasteiger partial charge >= 0.3 is 5.97 Å². The number of fused-ring (bicyclic) bond motifs is 4. The third kappa shape index (κ3) is 5.10. The van der Waals surface area contributed by atoms with Crippen LogP contribution in [0.25, 0.3) is 0 Å². The number of imide groups is 1. The van der Waals surface area contributed by atoms with Gasteiger partial charge in [-0.3, -0.25) is 24.5 Å². The zero-order valence-electron chi connectivity index (χ0n) is 22.1. The van der Waals surface area contributed by atoms with Gasteiger partial charge in [-0.1, -0.05) is 6.07 Å². The Hall–Kier alpha value is -2.94. The second-order valence-electron chi connectivity index (χ2n) is 11.8. The summed E-state index contributed by atoms with van der Waals surface area (Å²) >= 11 is 0. The summed E-state index contributed by atoms with van der Waals surface area (Å²) in [7, 11) is 0. The van der Waals surface area contributed by atoms with Gasteiger partial charge in [-0.2, -0.15) is 0 Å². The molecule has 200 valence electrons. The Bertz CT molecular complexity index is 1120. The third-order valence-corrected chi connectivity index (χ3v) is 8.07. The zero-order chi connectivity index (χ0) is 26.4. The number of likely N-dealkylation sites (tertiary alicyclic amines) is 1. The average Bonchev–Trinajstić information content (AvgIpc) is 3.35. The highest BCUT2D eigenvalue weighted by Gasteiger charge is 2.47. The molecule has 4 heterocycles. The zero-order valence-corrected chi connectivity index (χ0v) is 22.1. The normalized spacial score (nSPS) is 23.1. The number of unbranched alkanes of at least 4 members (excludes halogenated alkanes) is 1. The SMILES string of the molecule is CC(C)(C)OC(=O)CCCCN1CCC2(CC1)COc1c2ccc2c1CN([C@H]1CCC(=O)NC1=O)C2=O. The van der Waals surface area contributed by atoms with E-state index < -0.39 is 17.6 Å². The lowest BCUT2D eigenvalue weighted by Gasteiger charge is -2.38. The third-order valence-electron chi connectivity index (χ3n) is 8.07. The van der Waals surface area contributed by atoms with Crippen molar-refractivity contribution in [3.05, 3.63) is 28.8 Å². The predicted molar refractivity (Wildman–Crippen MR) is 135 cm³/mol. The van der Waals surface area contributed by atoms with Crippen molar-refractivity contribution in [3.8, 4) is 5.75 Å². The quantitative estimate of drug-likeness (QED) is 0.356. The summed E-state index contributed by atoms with van der Waals surface area (Å²) in [5.41, 5.74) is 2.15. The highest BCUT2D eigenvalue weighted by Crippen LogP contribution is 2.49. The molecule has 1 N–H and O–H groups in total. The van der Waals surface area contributed by atoms with Crippen LogP contribution in [-0.4, -0.2) is 71.4 Å². The van der Waals surface area contributed by atoms with E-state index in [2.05, 4.69) is 10.2 Å². The molecule has 37 heavy (non-hydrogen) atoms. The van der Waals surface area contributed by atoms with Crippen LogP contribution < -0.4 is 10.1 Å². The molecule has 0 unspecified atom stereocenters. The summed E-state index contributed by atoms with van der Waals surface area (Å²) in [6.07, 6.45) is 4.80. The first-order valence-corrected chi connectivity index (χ1v) is 13.4. The Morgan fingerprint density at radius 2 is 1.92 bits per heavy atom. The molecule has 4 aliphatic heterocycles. The maximum atomic E-state index is 13.1. The van der Waals surface area contributed by atoms with E-state index in [9.17, 15) is 19.2 Å². The highest BCUT2D eigenvalue weighted by atomic mass is 16.6. The summed E-state index contributed by atoms with van der Waals surface area (Å²) in [6, 6.07) is 3.31. The van der Waals surface area contributed by atoms with E-state index in [0.29, 0.717) is 31.6 Å². The molecule has 0 aliphatic carbocycles. The number of amides is 3. The van der Waals surface area contributed by atoms with Crippen molar-refractivity contribution in [1.29, 1.82) is 0 Å². The van der Waals surface area contributed by atoms with E-state index in [0.717, 1.165) is 56.6 Å². The fourth-order valence-corrected chi connectivity index (χ4v) is 6.10. The summed E-state index contributed by atoms with van der Waals surface area (Å²) in [5, 5.41) is 2.36. The number of carbonyl (C=O) groups is 4. The topological polar surface area (TPSA) is 105 Å². The first kappa shape index (κ1) is 25.7. The molecule has 0 radical (unpaired) electrons. The van der Waals surface area contributed by atoms with E-state index in [1.54, 1.807) is 4.90 Å². The molecule has 5 rings (SSSR count). The van der Waals surface area contributed by atoms with Crippen molar-refractivity contribution in [2.45, 2.75) is 89.3 Å². The number of nitrogens with zero attached hydrogens (tertiary/aromatic N) is 2. The Labute approximate surface area is 217 Å². The highest BCUT2D eigenvalue weighted by molar-refractivity contribution is 6.05. The van der Waals surface area contributed by atoms with Crippen LogP contribution in [0.15, 0.2) is 12.1 Å². The van der Waals surface area contributed by atoms with Crippen molar-refractivity contribution in [2.24, 2.45) is 0 Å². The van der Waals surface area contributed by atoms with Crippen LogP contribution in [0.5, 0.6) is 5.75 Å². The molecule has 2 saturated heterocycles. The minimum Gasteiger partial charge on any atom is -0.492 e. The van der Waals surface area contributed by atoms with E-state index in [1.165, 1.54) is 5.56 Å². The number of carbonyl (C=O) groups excluding carboxylic acids is 4. The van der Waals surface area contributed by atoms with Gasteiger partial charge in [-0.05, 0) is 78.6 Å². The molecule has 3 amide bonds. The molecular weight excluding hydrogens is 474 g/mol. The van der Waals surface area contributed by atoms with Gasteiger partial charge < -0.3 is 19.3 Å². The lowest BCUT2D eigenvalue weighted by Crippen LogP contribution is -2.52. The number of benzene rings is 1. The van der Waals surface area contributed by atoms with Crippen molar-refractivity contribution in [3.63, 3.8) is 0 Å². The summed E-state index contributed by atoms with van der Waals surface area (Å²) in [5.74, 6) is -0.174. The molecule has 1 aromatic rings. The van der Waals surface area contributed by atoms with Gasteiger partial charge in [0.2, 0.25) is 11.8 Å². The van der Waals surface area contributed by atoms with E-state index in [1.807, 2.05) is 32.9 Å². The molecule has 2 fully saturated rings. The largest absolute Gasteiger partial charge is 0.492 e. The second-order valence-corrected chi connectivity index (χ2v) is 11.8. The number of hydrogen-bond donors (Lipinski definition) is 1. The maximum absolute atomic E-state index is 13.1. The molecule has 0 bridgehead atoms. The standard InChI is InChI=1S/C28H37N3O6/c1-27(2,3)37-23(33)6-4-5-13-30-14-11-28(12-15-30)17-36-24-19-16-31(21-9-10-22(32)29-25(21)34)26(35)18(19)7-8-20(24)28/h7-8,21H,4-6,9-17H2,1-3H3,(H,29,32,34)/t21-/m0/s1. The molecule has 1 aromatic carbocycles. The Kier molecular flexibility index (Phi) is 6.77. The van der Waals surface area contributed by atoms with Gasteiger partial charge in [-0.25, -0.2) is 0 Å². The molecular formula is C28H37N3O6. The van der Waals surface area contributed by atoms with Gasteiger partial charge in [-0.15, -0.1) is 0 Å². The minimum atomic E-state index is -0.623. The van der Waals surface area contributed by atoms with E-state index in [-0.39, 0.29) is 29.6 Å². The Balaban J connectivity index is 1.18. The van der Waals surface area contributed by atoms with Crippen LogP contribution in [-0.2, 0) is 31.1 Å². The van der Waals surface area contributed by atoms with Crippen LogP contribution in [0.3, 0.4) is 0 Å². The molecule has 0 aromatic heterocycles. The molecule has 1 spiro atoms. The van der Waals surface area contributed by atoms with Crippen LogP contribution in [0.2, 0.25) is 0 Å². The van der Waals surface area contributed by atoms with Crippen LogP contribution in [0.1, 0.15) is 87.2 Å². The fourth-order valence-electron chi connectivity index (χ4n) is 6.10. The van der Waals surface area contributed by atoms with Gasteiger partial charge in [0.1, 0.15) is 17.4 Å². The summed E-state index contributed by atoms with van der Waals surface area (Å²) in [4.78, 5) is 53.1. The van der Waals surface area contributed by atoms with E-state index >= 15 is 0 Å². The van der Waals surface area contributed by atoms with Gasteiger partial charge in [0.05, 0.1) is 13.2 Å². The molecule has 4 aliphatic rings. The van der Waals surface area contributed by atoms with E-state index in [4.69, 9.17) is 9.47 Å². The number of nitrogens with one attached hydrogen (secondary N) is 1. The predicted octanol–water partition coefficient (Wildman–Crippen LogP) is 2.69. The number of piperidine rings is 2. The van der Waals surface area contributed by atoms with Gasteiger partial charge in [0, 0.05) is 34.9 Å². The number of rotatable bonds is 6. The average molecular weight is 512 g/mol. The van der Waals surface area contributed by atoms with Crippen LogP contribution in [0, 0.1) is 0 Å². The molecule has 0 saturated carbocycles. The second kappa shape index (κ2) is 9.74. The summed E-state index contributed by atoms with van der Waals surface area (Å²) < 4.78 is 11.7. The Morgan fingerprint density at radius 1 is 1.16 bits per heavy atom. The smallest absolute Gasteiger partial charge is 0.306 e. The van der Waals surface area contributed by atoms with Crippen LogP contribution >= 0.6 is 0 Å². The first-order valence-electron chi connectivity index (χ1n) is 13.4. The number of ether oxygens (including phenoxy) is 2. The Morgan fingerprint density at radius 3 is 2.62 bits per heavy atom. The fraction of sp³-hybridized carbons (Fsp3) is 0.643. The summed E-state index contributed by atoms with van der Waals surface area (Å²) in [6.45, 7) is 9.51. The van der Waals surface area contributed by atoms with Crippen molar-refractivity contribution in [2.75, 3.05) is 26.2 Å².